The van der Waals surface area contributed by atoms with Gasteiger partial charge in [-0.2, -0.15) is 0 Å². The number of esters is 1. The summed E-state index contributed by atoms with van der Waals surface area (Å²) in [5, 5.41) is 0. The molecule has 0 aromatic carbocycles. The van der Waals surface area contributed by atoms with E-state index in [4.69, 9.17) is 4.74 Å². The van der Waals surface area contributed by atoms with E-state index >= 15 is 0 Å². The highest BCUT2D eigenvalue weighted by Gasteiger charge is 2.22. The van der Waals surface area contributed by atoms with Gasteiger partial charge in [0.15, 0.2) is 0 Å². The maximum atomic E-state index is 11.8. The molecule has 2 rings (SSSR count). The van der Waals surface area contributed by atoms with E-state index in [1.807, 2.05) is 0 Å². The van der Waals surface area contributed by atoms with Crippen molar-refractivity contribution in [1.29, 1.82) is 0 Å². The van der Waals surface area contributed by atoms with E-state index in [-0.39, 0.29) is 11.9 Å². The number of hydrogen-bond donors (Lipinski definition) is 0. The van der Waals surface area contributed by atoms with Crippen LogP contribution in [0.2, 0.25) is 0 Å². The first-order valence-corrected chi connectivity index (χ1v) is 6.68. The molecule has 0 aromatic heterocycles. The van der Waals surface area contributed by atoms with Crippen molar-refractivity contribution < 1.29 is 9.53 Å². The molecule has 1 atom stereocenters. The number of rotatable bonds is 3. The molecule has 2 nitrogen and oxygen atoms in total. The van der Waals surface area contributed by atoms with Gasteiger partial charge < -0.3 is 4.74 Å². The smallest absolute Gasteiger partial charge is 0.309 e. The van der Waals surface area contributed by atoms with Gasteiger partial charge in [0.2, 0.25) is 0 Å². The zero-order chi connectivity index (χ0) is 11.2. The average molecular weight is 222 g/mol. The van der Waals surface area contributed by atoms with Crippen LogP contribution in [-0.4, -0.2) is 12.6 Å². The molecule has 0 N–H and O–H groups in total. The van der Waals surface area contributed by atoms with Crippen molar-refractivity contribution in [3.05, 3.63) is 12.2 Å². The van der Waals surface area contributed by atoms with Gasteiger partial charge in [0.05, 0.1) is 12.5 Å². The predicted molar refractivity (Wildman–Crippen MR) is 64.0 cm³/mol. The van der Waals surface area contributed by atoms with Crippen molar-refractivity contribution in [2.75, 3.05) is 6.61 Å². The lowest BCUT2D eigenvalue weighted by molar-refractivity contribution is -0.150. The highest BCUT2D eigenvalue weighted by molar-refractivity contribution is 5.72. The van der Waals surface area contributed by atoms with Gasteiger partial charge in [-0.1, -0.05) is 31.4 Å². The normalized spacial score (nSPS) is 26.6. The summed E-state index contributed by atoms with van der Waals surface area (Å²) in [5.74, 6) is 0.806. The first-order valence-electron chi connectivity index (χ1n) is 6.68. The lowest BCUT2D eigenvalue weighted by Crippen LogP contribution is -2.23. The fourth-order valence-corrected chi connectivity index (χ4v) is 2.68. The SMILES string of the molecule is O=C(OCC1CCCCC1)C1CC=CCC1. The van der Waals surface area contributed by atoms with Crippen LogP contribution in [0.3, 0.4) is 0 Å². The first kappa shape index (κ1) is 11.7. The van der Waals surface area contributed by atoms with Crippen LogP contribution < -0.4 is 0 Å². The summed E-state index contributed by atoms with van der Waals surface area (Å²) in [6.07, 6.45) is 13.6. The molecular formula is C14H22O2. The molecule has 1 fully saturated rings. The Morgan fingerprint density at radius 2 is 1.94 bits per heavy atom. The molecular weight excluding hydrogens is 200 g/mol. The summed E-state index contributed by atoms with van der Waals surface area (Å²) in [4.78, 5) is 11.8. The van der Waals surface area contributed by atoms with Gasteiger partial charge >= 0.3 is 5.97 Å². The third-order valence-electron chi connectivity index (χ3n) is 3.79. The number of carbonyl (C=O) groups is 1. The minimum atomic E-state index is 0.0370. The highest BCUT2D eigenvalue weighted by atomic mass is 16.5. The summed E-state index contributed by atoms with van der Waals surface area (Å²) < 4.78 is 5.45. The van der Waals surface area contributed by atoms with Crippen LogP contribution in [0, 0.1) is 11.8 Å². The molecule has 0 bridgehead atoms. The molecule has 2 aliphatic rings. The van der Waals surface area contributed by atoms with Crippen LogP contribution in [0.1, 0.15) is 51.4 Å². The van der Waals surface area contributed by atoms with E-state index in [0.717, 1.165) is 19.3 Å². The van der Waals surface area contributed by atoms with Crippen LogP contribution >= 0.6 is 0 Å². The molecule has 0 aromatic rings. The number of ether oxygens (including phenoxy) is 1. The molecule has 2 heteroatoms. The van der Waals surface area contributed by atoms with E-state index in [9.17, 15) is 4.79 Å². The Labute approximate surface area is 98.1 Å². The van der Waals surface area contributed by atoms with Crippen molar-refractivity contribution in [3.8, 4) is 0 Å². The largest absolute Gasteiger partial charge is 0.465 e. The maximum absolute atomic E-state index is 11.8. The molecule has 0 heterocycles. The van der Waals surface area contributed by atoms with Crippen molar-refractivity contribution >= 4 is 5.97 Å². The summed E-state index contributed by atoms with van der Waals surface area (Å²) in [5.41, 5.74) is 0. The van der Waals surface area contributed by atoms with E-state index in [2.05, 4.69) is 12.2 Å². The summed E-state index contributed by atoms with van der Waals surface area (Å²) in [6.45, 7) is 0.666. The predicted octanol–water partition coefficient (Wildman–Crippen LogP) is 3.47. The molecule has 0 amide bonds. The maximum Gasteiger partial charge on any atom is 0.309 e. The average Bonchev–Trinajstić information content (AvgIpc) is 2.38. The highest BCUT2D eigenvalue weighted by Crippen LogP contribution is 2.25. The van der Waals surface area contributed by atoms with Crippen LogP contribution in [0.15, 0.2) is 12.2 Å². The van der Waals surface area contributed by atoms with Crippen molar-refractivity contribution in [1.82, 2.24) is 0 Å². The monoisotopic (exact) mass is 222 g/mol. The standard InChI is InChI=1S/C14H22O2/c15-14(13-9-5-2-6-10-13)16-11-12-7-3-1-4-8-12/h2,5,12-13H,1,3-4,6-11H2. The fourth-order valence-electron chi connectivity index (χ4n) is 2.68. The van der Waals surface area contributed by atoms with E-state index < -0.39 is 0 Å². The Kier molecular flexibility index (Phi) is 4.44. The Morgan fingerprint density at radius 1 is 1.12 bits per heavy atom. The molecule has 1 unspecified atom stereocenters. The van der Waals surface area contributed by atoms with Crippen LogP contribution in [0.4, 0.5) is 0 Å². The minimum Gasteiger partial charge on any atom is -0.465 e. The summed E-state index contributed by atoms with van der Waals surface area (Å²) in [7, 11) is 0. The number of carbonyl (C=O) groups excluding carboxylic acids is 1. The molecule has 0 spiro atoms. The Hall–Kier alpha value is -0.790. The second kappa shape index (κ2) is 6.07. The van der Waals surface area contributed by atoms with Gasteiger partial charge in [-0.05, 0) is 38.0 Å². The van der Waals surface area contributed by atoms with Gasteiger partial charge in [0, 0.05) is 0 Å². The molecule has 2 aliphatic carbocycles. The third kappa shape index (κ3) is 3.36. The minimum absolute atomic E-state index is 0.0370. The van der Waals surface area contributed by atoms with Crippen molar-refractivity contribution in [2.24, 2.45) is 11.8 Å². The van der Waals surface area contributed by atoms with Gasteiger partial charge in [-0.3, -0.25) is 4.79 Å². The quantitative estimate of drug-likeness (QED) is 0.540. The lowest BCUT2D eigenvalue weighted by Gasteiger charge is -2.23. The molecule has 0 saturated heterocycles. The lowest BCUT2D eigenvalue weighted by atomic mass is 9.90. The van der Waals surface area contributed by atoms with E-state index in [1.54, 1.807) is 0 Å². The number of hydrogen-bond acceptors (Lipinski definition) is 2. The van der Waals surface area contributed by atoms with Gasteiger partial charge in [0.1, 0.15) is 0 Å². The summed E-state index contributed by atoms with van der Waals surface area (Å²) in [6, 6.07) is 0. The Balaban J connectivity index is 1.68. The molecule has 1 saturated carbocycles. The molecule has 90 valence electrons. The summed E-state index contributed by atoms with van der Waals surface area (Å²) >= 11 is 0. The van der Waals surface area contributed by atoms with E-state index in [1.165, 1.54) is 32.1 Å². The molecule has 0 radical (unpaired) electrons. The Morgan fingerprint density at radius 3 is 2.62 bits per heavy atom. The molecule has 0 aliphatic heterocycles. The van der Waals surface area contributed by atoms with Crippen LogP contribution in [0.25, 0.3) is 0 Å². The second-order valence-electron chi connectivity index (χ2n) is 5.12. The van der Waals surface area contributed by atoms with Crippen LogP contribution in [0.5, 0.6) is 0 Å². The van der Waals surface area contributed by atoms with Crippen molar-refractivity contribution in [3.63, 3.8) is 0 Å². The first-order chi connectivity index (χ1) is 7.86. The second-order valence-corrected chi connectivity index (χ2v) is 5.12. The molecule has 16 heavy (non-hydrogen) atoms. The zero-order valence-electron chi connectivity index (χ0n) is 9.99. The zero-order valence-corrected chi connectivity index (χ0v) is 9.99. The van der Waals surface area contributed by atoms with E-state index in [0.29, 0.717) is 12.5 Å². The Bertz CT molecular complexity index is 251. The van der Waals surface area contributed by atoms with Crippen molar-refractivity contribution in [2.45, 2.75) is 51.4 Å². The third-order valence-corrected chi connectivity index (χ3v) is 3.79. The van der Waals surface area contributed by atoms with Gasteiger partial charge in [-0.15, -0.1) is 0 Å². The van der Waals surface area contributed by atoms with Gasteiger partial charge in [0.25, 0.3) is 0 Å². The number of allylic oxidation sites excluding steroid dienone is 2. The fraction of sp³-hybridized carbons (Fsp3) is 0.786. The van der Waals surface area contributed by atoms with Gasteiger partial charge in [-0.25, -0.2) is 0 Å². The topological polar surface area (TPSA) is 26.3 Å². The van der Waals surface area contributed by atoms with Crippen LogP contribution in [-0.2, 0) is 9.53 Å².